The zero-order chi connectivity index (χ0) is 19.1. The summed E-state index contributed by atoms with van der Waals surface area (Å²) in [5, 5.41) is 3.00. The van der Waals surface area contributed by atoms with Crippen molar-refractivity contribution in [2.75, 3.05) is 26.7 Å². The summed E-state index contributed by atoms with van der Waals surface area (Å²) in [5.41, 5.74) is 1.50. The highest BCUT2D eigenvalue weighted by Crippen LogP contribution is 2.30. The van der Waals surface area contributed by atoms with Crippen LogP contribution in [0.2, 0.25) is 0 Å². The largest absolute Gasteiger partial charge is 0.496 e. The van der Waals surface area contributed by atoms with Crippen LogP contribution in [0.4, 0.5) is 4.39 Å². The van der Waals surface area contributed by atoms with Crippen molar-refractivity contribution in [3.63, 3.8) is 0 Å². The van der Waals surface area contributed by atoms with Gasteiger partial charge in [0.1, 0.15) is 11.6 Å². The van der Waals surface area contributed by atoms with Gasteiger partial charge in [0.25, 0.3) is 0 Å². The van der Waals surface area contributed by atoms with Gasteiger partial charge in [0.2, 0.25) is 5.91 Å². The summed E-state index contributed by atoms with van der Waals surface area (Å²) in [4.78, 5) is 14.8. The average Bonchev–Trinajstić information content (AvgIpc) is 2.71. The van der Waals surface area contributed by atoms with E-state index < -0.39 is 0 Å². The molecule has 4 nitrogen and oxygen atoms in total. The molecule has 3 rings (SSSR count). The Hall–Kier alpha value is -2.40. The van der Waals surface area contributed by atoms with E-state index in [2.05, 4.69) is 16.3 Å². The Morgan fingerprint density at radius 3 is 2.56 bits per heavy atom. The van der Waals surface area contributed by atoms with E-state index in [0.29, 0.717) is 12.1 Å². The topological polar surface area (TPSA) is 41.6 Å². The summed E-state index contributed by atoms with van der Waals surface area (Å²) < 4.78 is 19.3. The smallest absolute Gasteiger partial charge is 0.224 e. The maximum absolute atomic E-state index is 13.8. The van der Waals surface area contributed by atoms with Gasteiger partial charge < -0.3 is 10.1 Å². The second kappa shape index (κ2) is 9.51. The molecule has 1 N–H and O–H groups in total. The van der Waals surface area contributed by atoms with E-state index in [0.717, 1.165) is 37.2 Å². The number of rotatable bonds is 7. The molecule has 0 radical (unpaired) electrons. The number of methoxy groups -OCH3 is 1. The monoisotopic (exact) mass is 370 g/mol. The molecule has 144 valence electrons. The first-order valence-corrected chi connectivity index (χ1v) is 9.56. The summed E-state index contributed by atoms with van der Waals surface area (Å²) in [5.74, 6) is 0.318. The second-order valence-corrected chi connectivity index (χ2v) is 6.93. The summed E-state index contributed by atoms with van der Waals surface area (Å²) in [6.45, 7) is 2.49. The molecule has 0 aliphatic carbocycles. The molecule has 1 heterocycles. The summed E-state index contributed by atoms with van der Waals surface area (Å²) in [7, 11) is 1.67. The Balaban J connectivity index is 1.71. The van der Waals surface area contributed by atoms with Crippen LogP contribution in [-0.4, -0.2) is 37.6 Å². The average molecular weight is 370 g/mol. The molecule has 0 bridgehead atoms. The third-order valence-corrected chi connectivity index (χ3v) is 5.13. The Labute approximate surface area is 160 Å². The Bertz CT molecular complexity index is 759. The van der Waals surface area contributed by atoms with E-state index in [-0.39, 0.29) is 24.2 Å². The summed E-state index contributed by atoms with van der Waals surface area (Å²) >= 11 is 0. The minimum Gasteiger partial charge on any atom is -0.496 e. The van der Waals surface area contributed by atoms with Gasteiger partial charge in [0, 0.05) is 12.1 Å². The van der Waals surface area contributed by atoms with Gasteiger partial charge in [0.15, 0.2) is 0 Å². The SMILES string of the molecule is COc1ccccc1C(CNC(=O)Cc1ccccc1F)N1CCCCC1. The first kappa shape index (κ1) is 19.4. The maximum Gasteiger partial charge on any atom is 0.224 e. The zero-order valence-electron chi connectivity index (χ0n) is 15.8. The molecular weight excluding hydrogens is 343 g/mol. The molecule has 5 heteroatoms. The van der Waals surface area contributed by atoms with Gasteiger partial charge in [0.05, 0.1) is 19.6 Å². The van der Waals surface area contributed by atoms with Gasteiger partial charge >= 0.3 is 0 Å². The third kappa shape index (κ3) is 5.07. The number of nitrogens with one attached hydrogen (secondary N) is 1. The first-order chi connectivity index (χ1) is 13.2. The van der Waals surface area contributed by atoms with E-state index in [1.807, 2.05) is 18.2 Å². The summed E-state index contributed by atoms with van der Waals surface area (Å²) in [6.07, 6.45) is 3.61. The summed E-state index contributed by atoms with van der Waals surface area (Å²) in [6, 6.07) is 14.4. The minimum absolute atomic E-state index is 0.0469. The molecule has 2 aromatic rings. The van der Waals surface area contributed by atoms with Gasteiger partial charge in [-0.05, 0) is 43.6 Å². The molecule has 1 fully saturated rings. The van der Waals surface area contributed by atoms with E-state index in [9.17, 15) is 9.18 Å². The van der Waals surface area contributed by atoms with Crippen LogP contribution >= 0.6 is 0 Å². The maximum atomic E-state index is 13.8. The predicted molar refractivity (Wildman–Crippen MR) is 104 cm³/mol. The van der Waals surface area contributed by atoms with Crippen molar-refractivity contribution in [2.45, 2.75) is 31.7 Å². The highest BCUT2D eigenvalue weighted by molar-refractivity contribution is 5.78. The molecule has 1 saturated heterocycles. The molecule has 1 atom stereocenters. The highest BCUT2D eigenvalue weighted by atomic mass is 19.1. The quantitative estimate of drug-likeness (QED) is 0.808. The number of hydrogen-bond donors (Lipinski definition) is 1. The van der Waals surface area contributed by atoms with E-state index in [1.165, 1.54) is 12.5 Å². The van der Waals surface area contributed by atoms with Crippen molar-refractivity contribution < 1.29 is 13.9 Å². The molecule has 1 aliphatic rings. The number of para-hydroxylation sites is 1. The van der Waals surface area contributed by atoms with Gasteiger partial charge in [-0.1, -0.05) is 42.8 Å². The molecule has 0 saturated carbocycles. The Morgan fingerprint density at radius 2 is 1.81 bits per heavy atom. The van der Waals surface area contributed by atoms with Crippen molar-refractivity contribution in [2.24, 2.45) is 0 Å². The van der Waals surface area contributed by atoms with Gasteiger partial charge in [-0.25, -0.2) is 4.39 Å². The van der Waals surface area contributed by atoms with Crippen LogP contribution in [0.1, 0.15) is 36.4 Å². The number of piperidine rings is 1. The Morgan fingerprint density at radius 1 is 1.11 bits per heavy atom. The van der Waals surface area contributed by atoms with Crippen LogP contribution in [0.15, 0.2) is 48.5 Å². The molecule has 27 heavy (non-hydrogen) atoms. The number of ether oxygens (including phenoxy) is 1. The number of hydrogen-bond acceptors (Lipinski definition) is 3. The highest BCUT2D eigenvalue weighted by Gasteiger charge is 2.25. The molecule has 1 unspecified atom stereocenters. The lowest BCUT2D eigenvalue weighted by Crippen LogP contribution is -2.41. The lowest BCUT2D eigenvalue weighted by Gasteiger charge is -2.35. The number of likely N-dealkylation sites (tertiary alicyclic amines) is 1. The van der Waals surface area contributed by atoms with Crippen molar-refractivity contribution in [3.8, 4) is 5.75 Å². The van der Waals surface area contributed by atoms with E-state index in [1.54, 1.807) is 25.3 Å². The fraction of sp³-hybridized carbons (Fsp3) is 0.409. The minimum atomic E-state index is -0.343. The molecule has 2 aromatic carbocycles. The van der Waals surface area contributed by atoms with Crippen LogP contribution in [-0.2, 0) is 11.2 Å². The van der Waals surface area contributed by atoms with Gasteiger partial charge in [-0.3, -0.25) is 9.69 Å². The van der Waals surface area contributed by atoms with E-state index in [4.69, 9.17) is 4.74 Å². The van der Waals surface area contributed by atoms with Crippen LogP contribution in [0.3, 0.4) is 0 Å². The molecule has 0 spiro atoms. The Kier molecular flexibility index (Phi) is 6.82. The third-order valence-electron chi connectivity index (χ3n) is 5.13. The molecule has 1 aliphatic heterocycles. The normalized spacial score (nSPS) is 15.9. The van der Waals surface area contributed by atoms with Crippen molar-refractivity contribution in [3.05, 3.63) is 65.5 Å². The lowest BCUT2D eigenvalue weighted by molar-refractivity contribution is -0.120. The molecule has 0 aromatic heterocycles. The molecule has 1 amide bonds. The standard InChI is InChI=1S/C22H27FN2O2/c1-27-21-12-6-4-10-18(21)20(25-13-7-2-8-14-25)16-24-22(26)15-17-9-3-5-11-19(17)23/h3-6,9-12,20H,2,7-8,13-16H2,1H3,(H,24,26). The number of carbonyl (C=O) groups excluding carboxylic acids is 1. The van der Waals surface area contributed by atoms with Crippen LogP contribution in [0.25, 0.3) is 0 Å². The van der Waals surface area contributed by atoms with Crippen molar-refractivity contribution in [1.29, 1.82) is 0 Å². The van der Waals surface area contributed by atoms with E-state index >= 15 is 0 Å². The predicted octanol–water partition coefficient (Wildman–Crippen LogP) is 3.72. The van der Waals surface area contributed by atoms with Crippen molar-refractivity contribution >= 4 is 5.91 Å². The zero-order valence-corrected chi connectivity index (χ0v) is 15.8. The van der Waals surface area contributed by atoms with Gasteiger partial charge in [-0.2, -0.15) is 0 Å². The number of benzene rings is 2. The van der Waals surface area contributed by atoms with Crippen molar-refractivity contribution in [1.82, 2.24) is 10.2 Å². The molecular formula is C22H27FN2O2. The fourth-order valence-electron chi connectivity index (χ4n) is 3.70. The number of halogens is 1. The number of nitrogens with zero attached hydrogens (tertiary/aromatic N) is 1. The first-order valence-electron chi connectivity index (χ1n) is 9.56. The van der Waals surface area contributed by atoms with Gasteiger partial charge in [-0.15, -0.1) is 0 Å². The van der Waals surface area contributed by atoms with Crippen LogP contribution in [0.5, 0.6) is 5.75 Å². The van der Waals surface area contributed by atoms with Crippen LogP contribution < -0.4 is 10.1 Å². The second-order valence-electron chi connectivity index (χ2n) is 6.93. The number of amides is 1. The fourth-order valence-corrected chi connectivity index (χ4v) is 3.70. The lowest BCUT2D eigenvalue weighted by atomic mass is 10.0. The number of carbonyl (C=O) groups is 1. The van der Waals surface area contributed by atoms with Crippen LogP contribution in [0, 0.1) is 5.82 Å².